The van der Waals surface area contributed by atoms with Crippen molar-refractivity contribution < 1.29 is 13.5 Å². The Balaban J connectivity index is 1.70. The number of nitrogen functional groups attached to an aromatic ring is 1. The lowest BCUT2D eigenvalue weighted by atomic mass is 9.95. The van der Waals surface area contributed by atoms with Crippen molar-refractivity contribution in [1.29, 1.82) is 5.41 Å². The van der Waals surface area contributed by atoms with Crippen LogP contribution in [0.25, 0.3) is 0 Å². The normalized spacial score (nSPS) is 25.9. The number of ether oxygens (including phenoxy) is 1. The largest absolute Gasteiger partial charge is 0.431 e. The van der Waals surface area contributed by atoms with Crippen LogP contribution in [-0.2, 0) is 0 Å². The van der Waals surface area contributed by atoms with E-state index in [1.807, 2.05) is 0 Å². The van der Waals surface area contributed by atoms with Gasteiger partial charge in [0.2, 0.25) is 0 Å². The molecule has 138 valence electrons. The number of hydrogen-bond acceptors (Lipinski definition) is 5. The molecule has 2 aliphatic rings. The first kappa shape index (κ1) is 18.0. The predicted octanol–water partition coefficient (Wildman–Crippen LogP) is 3.44. The smallest absolute Gasteiger partial charge is 0.387 e. The number of nitrogens with two attached hydrogens (primary N) is 1. The van der Waals surface area contributed by atoms with E-state index >= 15 is 0 Å². The molecule has 0 aromatic carbocycles. The zero-order chi connectivity index (χ0) is 18.1. The fraction of sp³-hybridized carbons (Fsp3) is 0.667. The van der Waals surface area contributed by atoms with Gasteiger partial charge in [0.15, 0.2) is 11.6 Å². The maximum absolute atomic E-state index is 12.5. The Kier molecular flexibility index (Phi) is 5.22. The van der Waals surface area contributed by atoms with Gasteiger partial charge in [-0.15, -0.1) is 0 Å². The highest BCUT2D eigenvalue weighted by Crippen LogP contribution is 2.59. The molecule has 4 N–H and O–H groups in total. The summed E-state index contributed by atoms with van der Waals surface area (Å²) in [6.07, 6.45) is 5.89. The van der Waals surface area contributed by atoms with Gasteiger partial charge in [0.1, 0.15) is 0 Å². The molecule has 7 heteroatoms. The zero-order valence-corrected chi connectivity index (χ0v) is 14.6. The van der Waals surface area contributed by atoms with Gasteiger partial charge in [0.05, 0.1) is 0 Å². The third-order valence-corrected chi connectivity index (χ3v) is 5.36. The van der Waals surface area contributed by atoms with Gasteiger partial charge in [-0.3, -0.25) is 0 Å². The van der Waals surface area contributed by atoms with E-state index in [0.29, 0.717) is 29.7 Å². The van der Waals surface area contributed by atoms with E-state index < -0.39 is 6.61 Å². The Labute approximate surface area is 146 Å². The highest BCUT2D eigenvalue weighted by Gasteiger charge is 2.55. The maximum Gasteiger partial charge on any atom is 0.387 e. The van der Waals surface area contributed by atoms with Crippen LogP contribution in [-0.4, -0.2) is 29.4 Å². The minimum atomic E-state index is -2.96. The summed E-state index contributed by atoms with van der Waals surface area (Å²) in [5.74, 6) is 1.92. The van der Waals surface area contributed by atoms with Gasteiger partial charge in [-0.25, -0.2) is 4.98 Å². The van der Waals surface area contributed by atoms with Crippen LogP contribution in [0.15, 0.2) is 12.3 Å². The molecule has 5 nitrogen and oxygen atoms in total. The SMILES string of the molecule is CC(C)NC(CC(=N)c1cnc(N)c(OC(F)F)c1)C1[C@H]2CCC[C@@H]12. The first-order chi connectivity index (χ1) is 11.9. The topological polar surface area (TPSA) is 84.0 Å². The van der Waals surface area contributed by atoms with Crippen LogP contribution in [0.3, 0.4) is 0 Å². The second-order valence-electron chi connectivity index (χ2n) is 7.43. The van der Waals surface area contributed by atoms with Gasteiger partial charge >= 0.3 is 6.61 Å². The van der Waals surface area contributed by atoms with Gasteiger partial charge < -0.3 is 21.2 Å². The number of nitrogens with one attached hydrogen (secondary N) is 2. The minimum absolute atomic E-state index is 0.0922. The molecule has 2 aliphatic carbocycles. The first-order valence-corrected chi connectivity index (χ1v) is 8.91. The summed E-state index contributed by atoms with van der Waals surface area (Å²) in [6, 6.07) is 1.96. The molecule has 1 heterocycles. The fourth-order valence-electron chi connectivity index (χ4n) is 4.36. The number of pyridine rings is 1. The van der Waals surface area contributed by atoms with E-state index in [1.54, 1.807) is 0 Å². The van der Waals surface area contributed by atoms with Crippen molar-refractivity contribution in [3.05, 3.63) is 17.8 Å². The number of anilines is 1. The van der Waals surface area contributed by atoms with Crippen molar-refractivity contribution in [2.24, 2.45) is 17.8 Å². The molecule has 4 atom stereocenters. The van der Waals surface area contributed by atoms with Crippen LogP contribution in [0.4, 0.5) is 14.6 Å². The van der Waals surface area contributed by atoms with Gasteiger partial charge in [-0.1, -0.05) is 20.3 Å². The summed E-state index contributed by atoms with van der Waals surface area (Å²) in [5.41, 5.74) is 6.42. The van der Waals surface area contributed by atoms with E-state index in [1.165, 1.54) is 31.5 Å². The van der Waals surface area contributed by atoms with Gasteiger partial charge in [-0.2, -0.15) is 8.78 Å². The fourth-order valence-corrected chi connectivity index (χ4v) is 4.36. The molecule has 0 amide bonds. The van der Waals surface area contributed by atoms with E-state index in [0.717, 1.165) is 11.8 Å². The number of nitrogens with zero attached hydrogens (tertiary/aromatic N) is 1. The van der Waals surface area contributed by atoms with Crippen molar-refractivity contribution in [3.63, 3.8) is 0 Å². The summed E-state index contributed by atoms with van der Waals surface area (Å²) in [7, 11) is 0. The number of hydrogen-bond donors (Lipinski definition) is 3. The lowest BCUT2D eigenvalue weighted by molar-refractivity contribution is -0.0495. The molecule has 1 aromatic rings. The molecule has 0 spiro atoms. The van der Waals surface area contributed by atoms with Crippen molar-refractivity contribution in [3.8, 4) is 5.75 Å². The van der Waals surface area contributed by atoms with Crippen molar-refractivity contribution in [2.45, 2.75) is 58.2 Å². The molecule has 0 radical (unpaired) electrons. The second kappa shape index (κ2) is 7.23. The number of rotatable bonds is 8. The molecule has 0 aliphatic heterocycles. The average molecular weight is 352 g/mol. The summed E-state index contributed by atoms with van der Waals surface area (Å²) >= 11 is 0. The van der Waals surface area contributed by atoms with Crippen molar-refractivity contribution in [2.75, 3.05) is 5.73 Å². The molecule has 0 bridgehead atoms. The number of alkyl halides is 2. The van der Waals surface area contributed by atoms with Crippen LogP contribution >= 0.6 is 0 Å². The lowest BCUT2D eigenvalue weighted by Gasteiger charge is -2.23. The summed E-state index contributed by atoms with van der Waals surface area (Å²) in [6.45, 7) is 1.25. The Hall–Kier alpha value is -1.76. The molecule has 2 saturated carbocycles. The maximum atomic E-state index is 12.5. The molecule has 1 aromatic heterocycles. The average Bonchev–Trinajstić information content (AvgIpc) is 3.00. The zero-order valence-electron chi connectivity index (χ0n) is 14.6. The Morgan fingerprint density at radius 3 is 2.68 bits per heavy atom. The highest BCUT2D eigenvalue weighted by atomic mass is 19.3. The Morgan fingerprint density at radius 2 is 2.08 bits per heavy atom. The molecular formula is C18H26F2N4O. The van der Waals surface area contributed by atoms with E-state index in [-0.39, 0.29) is 17.6 Å². The molecular weight excluding hydrogens is 326 g/mol. The Bertz CT molecular complexity index is 628. The lowest BCUT2D eigenvalue weighted by Crippen LogP contribution is -2.39. The van der Waals surface area contributed by atoms with Crippen LogP contribution in [0.5, 0.6) is 5.75 Å². The highest BCUT2D eigenvalue weighted by molar-refractivity contribution is 5.99. The summed E-state index contributed by atoms with van der Waals surface area (Å²) in [5, 5.41) is 12.0. The predicted molar refractivity (Wildman–Crippen MR) is 93.1 cm³/mol. The summed E-state index contributed by atoms with van der Waals surface area (Å²) < 4.78 is 29.3. The van der Waals surface area contributed by atoms with Gasteiger partial charge in [0, 0.05) is 36.0 Å². The van der Waals surface area contributed by atoms with Crippen LogP contribution < -0.4 is 15.8 Å². The Morgan fingerprint density at radius 1 is 1.40 bits per heavy atom. The van der Waals surface area contributed by atoms with Crippen molar-refractivity contribution >= 4 is 11.5 Å². The third kappa shape index (κ3) is 4.08. The van der Waals surface area contributed by atoms with Crippen molar-refractivity contribution in [1.82, 2.24) is 10.3 Å². The molecule has 0 saturated heterocycles. The van der Waals surface area contributed by atoms with Crippen LogP contribution in [0.2, 0.25) is 0 Å². The van der Waals surface area contributed by atoms with Gasteiger partial charge in [-0.05, 0) is 36.7 Å². The third-order valence-electron chi connectivity index (χ3n) is 5.36. The minimum Gasteiger partial charge on any atom is -0.431 e. The molecule has 2 fully saturated rings. The number of fused-ring (bicyclic) bond motifs is 1. The van der Waals surface area contributed by atoms with E-state index in [2.05, 4.69) is 28.9 Å². The molecule has 25 heavy (non-hydrogen) atoms. The van der Waals surface area contributed by atoms with Crippen LogP contribution in [0, 0.1) is 23.2 Å². The number of aromatic nitrogens is 1. The number of halogens is 2. The molecule has 2 unspecified atom stereocenters. The van der Waals surface area contributed by atoms with Gasteiger partial charge in [0.25, 0.3) is 0 Å². The van der Waals surface area contributed by atoms with E-state index in [9.17, 15) is 8.78 Å². The second-order valence-corrected chi connectivity index (χ2v) is 7.43. The monoisotopic (exact) mass is 352 g/mol. The first-order valence-electron chi connectivity index (χ1n) is 8.91. The standard InChI is InChI=1S/C18H26F2N4O/c1-9(2)24-14(16-11-4-3-5-12(11)16)7-13(21)10-6-15(25-18(19)20)17(22)23-8-10/h6,8-9,11-12,14,16,18,21,24H,3-5,7H2,1-2H3,(H2,22,23)/t11-,12+,14?,16?. The van der Waals surface area contributed by atoms with Crippen LogP contribution in [0.1, 0.15) is 45.1 Å². The molecule has 3 rings (SSSR count). The summed E-state index contributed by atoms with van der Waals surface area (Å²) in [4.78, 5) is 3.90. The quantitative estimate of drug-likeness (QED) is 0.626. The van der Waals surface area contributed by atoms with E-state index in [4.69, 9.17) is 11.1 Å².